The molecule has 1 aromatic carbocycles. The molecule has 3 rings (SSSR count). The van der Waals surface area contributed by atoms with E-state index in [2.05, 4.69) is 19.9 Å². The van der Waals surface area contributed by atoms with Crippen LogP contribution in [-0.4, -0.2) is 19.9 Å². The van der Waals surface area contributed by atoms with Gasteiger partial charge in [0.2, 0.25) is 5.82 Å². The first-order chi connectivity index (χ1) is 6.95. The lowest BCUT2D eigenvalue weighted by atomic mass is 10.3. The second-order valence-corrected chi connectivity index (χ2v) is 2.87. The minimum absolute atomic E-state index is 0.638. The topological polar surface area (TPSA) is 56.7 Å². The Hall–Kier alpha value is -2.17. The van der Waals surface area contributed by atoms with Crippen LogP contribution in [0.15, 0.2) is 41.4 Å². The molecular weight excluding hydrogens is 180 g/mol. The molecular formula is C9H6N4O. The van der Waals surface area contributed by atoms with E-state index in [1.54, 1.807) is 6.33 Å². The van der Waals surface area contributed by atoms with Crippen molar-refractivity contribution in [3.05, 3.63) is 36.9 Å². The maximum atomic E-state index is 4.68. The molecule has 0 aliphatic rings. The highest BCUT2D eigenvalue weighted by Crippen LogP contribution is 2.15. The van der Waals surface area contributed by atoms with Crippen molar-refractivity contribution >= 4 is 11.0 Å². The highest BCUT2D eigenvalue weighted by Gasteiger charge is 2.05. The monoisotopic (exact) mass is 186 g/mol. The zero-order chi connectivity index (χ0) is 9.38. The summed E-state index contributed by atoms with van der Waals surface area (Å²) in [5.74, 6) is 0.638. The minimum Gasteiger partial charge on any atom is -0.343 e. The van der Waals surface area contributed by atoms with Crippen molar-refractivity contribution in [1.29, 1.82) is 0 Å². The molecule has 68 valence electrons. The van der Waals surface area contributed by atoms with Crippen LogP contribution >= 0.6 is 0 Å². The molecule has 0 fully saturated rings. The molecule has 5 heteroatoms. The number of imidazole rings is 1. The first kappa shape index (κ1) is 7.25. The van der Waals surface area contributed by atoms with Crippen molar-refractivity contribution in [3.8, 4) is 5.82 Å². The average Bonchev–Trinajstić information content (AvgIpc) is 2.85. The van der Waals surface area contributed by atoms with Crippen LogP contribution in [0.2, 0.25) is 0 Å². The molecule has 0 saturated heterocycles. The van der Waals surface area contributed by atoms with Gasteiger partial charge in [0, 0.05) is 5.27 Å². The van der Waals surface area contributed by atoms with Crippen LogP contribution in [0.4, 0.5) is 0 Å². The molecule has 0 atom stereocenters. The summed E-state index contributed by atoms with van der Waals surface area (Å²) >= 11 is 0. The lowest BCUT2D eigenvalue weighted by Gasteiger charge is -1.95. The van der Waals surface area contributed by atoms with E-state index in [1.165, 1.54) is 6.26 Å². The Morgan fingerprint density at radius 3 is 3.00 bits per heavy atom. The van der Waals surface area contributed by atoms with Crippen molar-refractivity contribution in [3.63, 3.8) is 0 Å². The van der Waals surface area contributed by atoms with E-state index >= 15 is 0 Å². The zero-order valence-electron chi connectivity index (χ0n) is 7.16. The molecule has 0 amide bonds. The maximum absolute atomic E-state index is 4.68. The summed E-state index contributed by atoms with van der Waals surface area (Å²) in [6.07, 6.45) is 3.18. The summed E-state index contributed by atoms with van der Waals surface area (Å²) in [6, 6.07) is 7.81. The predicted octanol–water partition coefficient (Wildman–Crippen LogP) is 1.41. The van der Waals surface area contributed by atoms with Crippen molar-refractivity contribution in [1.82, 2.24) is 19.9 Å². The van der Waals surface area contributed by atoms with Gasteiger partial charge in [-0.05, 0) is 12.1 Å². The third-order valence-corrected chi connectivity index (χ3v) is 2.05. The smallest absolute Gasteiger partial charge is 0.202 e. The molecule has 0 spiro atoms. The first-order valence-electron chi connectivity index (χ1n) is 4.15. The standard InChI is InChI=1S/C9H6N4O/c1-2-4-8-7(3-1)10-6-13(8)9-5-14-12-11-9/h1-6H. The van der Waals surface area contributed by atoms with E-state index in [9.17, 15) is 0 Å². The van der Waals surface area contributed by atoms with Gasteiger partial charge in [-0.15, -0.1) is 0 Å². The van der Waals surface area contributed by atoms with Gasteiger partial charge >= 0.3 is 0 Å². The second-order valence-electron chi connectivity index (χ2n) is 2.87. The van der Waals surface area contributed by atoms with Crippen LogP contribution in [0.25, 0.3) is 16.9 Å². The van der Waals surface area contributed by atoms with Gasteiger partial charge in [-0.2, -0.15) is 0 Å². The van der Waals surface area contributed by atoms with Gasteiger partial charge in [0.15, 0.2) is 6.26 Å². The molecule has 2 heterocycles. The third-order valence-electron chi connectivity index (χ3n) is 2.05. The van der Waals surface area contributed by atoms with E-state index in [4.69, 9.17) is 0 Å². The van der Waals surface area contributed by atoms with Crippen LogP contribution < -0.4 is 0 Å². The number of benzene rings is 1. The number of hydrogen-bond donors (Lipinski definition) is 0. The van der Waals surface area contributed by atoms with Crippen LogP contribution in [0.5, 0.6) is 0 Å². The van der Waals surface area contributed by atoms with Crippen LogP contribution in [-0.2, 0) is 0 Å². The van der Waals surface area contributed by atoms with Crippen LogP contribution in [0.1, 0.15) is 0 Å². The number of nitrogens with zero attached hydrogens (tertiary/aromatic N) is 4. The summed E-state index contributed by atoms with van der Waals surface area (Å²) in [5.41, 5.74) is 1.92. The highest BCUT2D eigenvalue weighted by atomic mass is 16.5. The molecule has 2 aromatic heterocycles. The summed E-state index contributed by atoms with van der Waals surface area (Å²) in [7, 11) is 0. The largest absolute Gasteiger partial charge is 0.343 e. The summed E-state index contributed by atoms with van der Waals surface area (Å²) in [5, 5.41) is 7.23. The van der Waals surface area contributed by atoms with Gasteiger partial charge in [-0.1, -0.05) is 17.2 Å². The van der Waals surface area contributed by atoms with E-state index in [0.29, 0.717) is 5.82 Å². The highest BCUT2D eigenvalue weighted by molar-refractivity contribution is 5.76. The van der Waals surface area contributed by atoms with Crippen molar-refractivity contribution in [2.24, 2.45) is 0 Å². The number of aromatic nitrogens is 4. The Balaban J connectivity index is 2.33. The Bertz CT molecular complexity index is 555. The fraction of sp³-hybridized carbons (Fsp3) is 0. The molecule has 0 aliphatic carbocycles. The van der Waals surface area contributed by atoms with E-state index < -0.39 is 0 Å². The molecule has 3 aromatic rings. The molecule has 14 heavy (non-hydrogen) atoms. The lowest BCUT2D eigenvalue weighted by molar-refractivity contribution is 0.393. The average molecular weight is 186 g/mol. The quantitative estimate of drug-likeness (QED) is 0.576. The van der Waals surface area contributed by atoms with Gasteiger partial charge < -0.3 is 4.52 Å². The summed E-state index contributed by atoms with van der Waals surface area (Å²) < 4.78 is 6.50. The fourth-order valence-electron chi connectivity index (χ4n) is 1.41. The van der Waals surface area contributed by atoms with Crippen molar-refractivity contribution in [2.75, 3.05) is 0 Å². The first-order valence-corrected chi connectivity index (χ1v) is 4.15. The predicted molar refractivity (Wildman–Crippen MR) is 48.9 cm³/mol. The molecule has 0 aliphatic heterocycles. The van der Waals surface area contributed by atoms with Gasteiger partial charge in [0.05, 0.1) is 11.0 Å². The molecule has 0 bridgehead atoms. The molecule has 0 radical (unpaired) electrons. The van der Waals surface area contributed by atoms with Crippen molar-refractivity contribution < 1.29 is 4.52 Å². The maximum Gasteiger partial charge on any atom is 0.202 e. The van der Waals surface area contributed by atoms with Crippen LogP contribution in [0, 0.1) is 0 Å². The van der Waals surface area contributed by atoms with Gasteiger partial charge in [0.1, 0.15) is 6.33 Å². The Labute approximate surface area is 79.0 Å². The van der Waals surface area contributed by atoms with E-state index in [-0.39, 0.29) is 0 Å². The zero-order valence-corrected chi connectivity index (χ0v) is 7.16. The Morgan fingerprint density at radius 2 is 2.14 bits per heavy atom. The number of para-hydroxylation sites is 2. The minimum atomic E-state index is 0.638. The van der Waals surface area contributed by atoms with Gasteiger partial charge in [0.25, 0.3) is 0 Å². The number of rotatable bonds is 1. The molecule has 0 saturated carbocycles. The van der Waals surface area contributed by atoms with E-state index in [1.807, 2.05) is 28.8 Å². The molecule has 0 unspecified atom stereocenters. The summed E-state index contributed by atoms with van der Waals surface area (Å²) in [6.45, 7) is 0. The second kappa shape index (κ2) is 2.66. The lowest BCUT2D eigenvalue weighted by Crippen LogP contribution is -1.91. The molecule has 0 N–H and O–H groups in total. The number of fused-ring (bicyclic) bond motifs is 1. The third kappa shape index (κ3) is 0.922. The Morgan fingerprint density at radius 1 is 1.21 bits per heavy atom. The van der Waals surface area contributed by atoms with Crippen molar-refractivity contribution in [2.45, 2.75) is 0 Å². The number of hydrogen-bond acceptors (Lipinski definition) is 4. The van der Waals surface area contributed by atoms with E-state index in [0.717, 1.165) is 11.0 Å². The normalized spacial score (nSPS) is 10.9. The van der Waals surface area contributed by atoms with Gasteiger partial charge in [-0.3, -0.25) is 4.57 Å². The SMILES string of the molecule is c1ccc2c(c1)ncn2-c1conn1. The molecule has 5 nitrogen and oxygen atoms in total. The fourth-order valence-corrected chi connectivity index (χ4v) is 1.41. The summed E-state index contributed by atoms with van der Waals surface area (Å²) in [4.78, 5) is 4.23. The van der Waals surface area contributed by atoms with Crippen LogP contribution in [0.3, 0.4) is 0 Å². The van der Waals surface area contributed by atoms with Gasteiger partial charge in [-0.25, -0.2) is 4.98 Å². The Kier molecular flexibility index (Phi) is 1.38.